The van der Waals surface area contributed by atoms with Crippen LogP contribution in [-0.2, 0) is 11.2 Å². The van der Waals surface area contributed by atoms with Crippen LogP contribution in [0.5, 0.6) is 5.75 Å². The van der Waals surface area contributed by atoms with Gasteiger partial charge in [-0.3, -0.25) is 4.79 Å². The number of amides is 1. The molecule has 1 fully saturated rings. The van der Waals surface area contributed by atoms with E-state index in [1.807, 2.05) is 30.3 Å². The zero-order chi connectivity index (χ0) is 18.9. The Kier molecular flexibility index (Phi) is 6.66. The van der Waals surface area contributed by atoms with Crippen LogP contribution in [0.15, 0.2) is 42.6 Å². The van der Waals surface area contributed by atoms with E-state index in [2.05, 4.69) is 21.1 Å². The third-order valence-corrected chi connectivity index (χ3v) is 4.29. The van der Waals surface area contributed by atoms with Gasteiger partial charge in [-0.2, -0.15) is 0 Å². The zero-order valence-electron chi connectivity index (χ0n) is 15.2. The van der Waals surface area contributed by atoms with Gasteiger partial charge in [-0.05, 0) is 36.2 Å². The van der Waals surface area contributed by atoms with E-state index < -0.39 is 0 Å². The van der Waals surface area contributed by atoms with Gasteiger partial charge in [0.25, 0.3) is 5.91 Å². The highest BCUT2D eigenvalue weighted by Crippen LogP contribution is 2.18. The molecule has 1 N–H and O–H groups in total. The van der Waals surface area contributed by atoms with E-state index >= 15 is 0 Å². The molecule has 2 heterocycles. The highest BCUT2D eigenvalue weighted by molar-refractivity contribution is 5.98. The highest BCUT2D eigenvalue weighted by atomic mass is 16.5. The van der Waals surface area contributed by atoms with E-state index in [0.29, 0.717) is 31.1 Å². The Bertz CT molecular complexity index is 793. The number of rotatable bonds is 7. The summed E-state index contributed by atoms with van der Waals surface area (Å²) in [5.41, 5.74) is 1.71. The van der Waals surface area contributed by atoms with Crippen molar-refractivity contribution in [3.8, 4) is 18.1 Å². The number of hydrogen-bond donors (Lipinski definition) is 1. The molecule has 0 aliphatic carbocycles. The maximum atomic E-state index is 12.6. The summed E-state index contributed by atoms with van der Waals surface area (Å²) in [4.78, 5) is 19.1. The number of carbonyl (C=O) groups is 1. The fourth-order valence-electron chi connectivity index (χ4n) is 2.89. The Morgan fingerprint density at radius 1 is 1.26 bits per heavy atom. The fourth-order valence-corrected chi connectivity index (χ4v) is 2.89. The number of morpholine rings is 1. The van der Waals surface area contributed by atoms with Gasteiger partial charge >= 0.3 is 0 Å². The number of pyridine rings is 1. The molecule has 0 unspecified atom stereocenters. The van der Waals surface area contributed by atoms with Crippen LogP contribution >= 0.6 is 0 Å². The Balaban J connectivity index is 1.54. The van der Waals surface area contributed by atoms with Crippen molar-refractivity contribution in [2.75, 3.05) is 44.4 Å². The van der Waals surface area contributed by atoms with Crippen molar-refractivity contribution >= 4 is 11.7 Å². The van der Waals surface area contributed by atoms with Gasteiger partial charge in [-0.1, -0.05) is 18.1 Å². The molecule has 6 heteroatoms. The normalized spacial score (nSPS) is 13.7. The largest absolute Gasteiger partial charge is 0.481 e. The lowest BCUT2D eigenvalue weighted by atomic mass is 10.1. The summed E-state index contributed by atoms with van der Waals surface area (Å²) < 4.78 is 10.7. The molecular formula is C21H23N3O3. The monoisotopic (exact) mass is 365 g/mol. The Morgan fingerprint density at radius 3 is 2.78 bits per heavy atom. The molecule has 0 bridgehead atoms. The first-order valence-electron chi connectivity index (χ1n) is 8.99. The van der Waals surface area contributed by atoms with Crippen molar-refractivity contribution < 1.29 is 14.3 Å². The highest BCUT2D eigenvalue weighted by Gasteiger charge is 2.19. The van der Waals surface area contributed by atoms with Crippen molar-refractivity contribution in [2.24, 2.45) is 0 Å². The predicted octanol–water partition coefficient (Wildman–Crippen LogP) is 1.90. The molecule has 1 amide bonds. The number of ether oxygens (including phenoxy) is 2. The summed E-state index contributed by atoms with van der Waals surface area (Å²) in [6, 6.07) is 11.3. The van der Waals surface area contributed by atoms with E-state index in [1.165, 1.54) is 0 Å². The van der Waals surface area contributed by atoms with Crippen LogP contribution < -0.4 is 15.0 Å². The lowest BCUT2D eigenvalue weighted by molar-refractivity contribution is 0.0952. The molecule has 0 radical (unpaired) electrons. The van der Waals surface area contributed by atoms with E-state index in [0.717, 1.165) is 30.8 Å². The van der Waals surface area contributed by atoms with Gasteiger partial charge in [-0.15, -0.1) is 6.42 Å². The SMILES string of the molecule is C#CCOc1ccc(CCNC(=O)c2cccnc2N2CCOCC2)cc1. The molecule has 0 saturated carbocycles. The van der Waals surface area contributed by atoms with Crippen LogP contribution in [0.2, 0.25) is 0 Å². The number of nitrogens with zero attached hydrogens (tertiary/aromatic N) is 2. The molecule has 3 rings (SSSR count). The quantitative estimate of drug-likeness (QED) is 0.760. The molecule has 1 aliphatic heterocycles. The lowest BCUT2D eigenvalue weighted by Gasteiger charge is -2.29. The summed E-state index contributed by atoms with van der Waals surface area (Å²) in [5, 5.41) is 2.98. The van der Waals surface area contributed by atoms with Crippen LogP contribution in [0.1, 0.15) is 15.9 Å². The Hall–Kier alpha value is -3.04. The second-order valence-corrected chi connectivity index (χ2v) is 6.12. The molecule has 1 aliphatic rings. The van der Waals surface area contributed by atoms with Gasteiger partial charge in [0.2, 0.25) is 0 Å². The van der Waals surface area contributed by atoms with Crippen LogP contribution in [-0.4, -0.2) is 50.3 Å². The van der Waals surface area contributed by atoms with E-state index in [9.17, 15) is 4.79 Å². The number of anilines is 1. The Labute approximate surface area is 159 Å². The number of terminal acetylenes is 1. The van der Waals surface area contributed by atoms with Gasteiger partial charge in [-0.25, -0.2) is 4.98 Å². The predicted molar refractivity (Wildman–Crippen MR) is 104 cm³/mol. The van der Waals surface area contributed by atoms with E-state index in [-0.39, 0.29) is 12.5 Å². The number of carbonyl (C=O) groups excluding carboxylic acids is 1. The van der Waals surface area contributed by atoms with E-state index in [4.69, 9.17) is 15.9 Å². The van der Waals surface area contributed by atoms with Gasteiger partial charge in [0, 0.05) is 25.8 Å². The summed E-state index contributed by atoms with van der Waals surface area (Å²) in [6.07, 6.45) is 7.62. The van der Waals surface area contributed by atoms with Gasteiger partial charge in [0.1, 0.15) is 18.2 Å². The molecule has 27 heavy (non-hydrogen) atoms. The molecule has 2 aromatic rings. The molecule has 1 aromatic carbocycles. The fraction of sp³-hybridized carbons (Fsp3) is 0.333. The number of nitrogens with one attached hydrogen (secondary N) is 1. The smallest absolute Gasteiger partial charge is 0.255 e. The number of aromatic nitrogens is 1. The van der Waals surface area contributed by atoms with Crippen molar-refractivity contribution in [3.63, 3.8) is 0 Å². The van der Waals surface area contributed by atoms with Crippen molar-refractivity contribution in [3.05, 3.63) is 53.7 Å². The Morgan fingerprint density at radius 2 is 2.04 bits per heavy atom. The number of benzene rings is 1. The van der Waals surface area contributed by atoms with E-state index in [1.54, 1.807) is 12.3 Å². The van der Waals surface area contributed by atoms with Crippen molar-refractivity contribution in [2.45, 2.75) is 6.42 Å². The minimum absolute atomic E-state index is 0.112. The minimum Gasteiger partial charge on any atom is -0.481 e. The second-order valence-electron chi connectivity index (χ2n) is 6.12. The summed E-state index contributed by atoms with van der Waals surface area (Å²) >= 11 is 0. The molecular weight excluding hydrogens is 342 g/mol. The average molecular weight is 365 g/mol. The minimum atomic E-state index is -0.112. The third kappa shape index (κ3) is 5.22. The van der Waals surface area contributed by atoms with Crippen molar-refractivity contribution in [1.29, 1.82) is 0 Å². The molecule has 0 atom stereocenters. The van der Waals surface area contributed by atoms with Gasteiger partial charge in [0.15, 0.2) is 0 Å². The first-order valence-corrected chi connectivity index (χ1v) is 8.99. The standard InChI is InChI=1S/C21H23N3O3/c1-2-14-27-18-7-5-17(6-8-18)9-11-23-21(25)19-4-3-10-22-20(19)24-12-15-26-16-13-24/h1,3-8,10H,9,11-16H2,(H,23,25). The first kappa shape index (κ1) is 18.7. The lowest BCUT2D eigenvalue weighted by Crippen LogP contribution is -2.38. The van der Waals surface area contributed by atoms with Crippen LogP contribution in [0.4, 0.5) is 5.82 Å². The van der Waals surface area contributed by atoms with Crippen molar-refractivity contribution in [1.82, 2.24) is 10.3 Å². The van der Waals surface area contributed by atoms with Crippen LogP contribution in [0.25, 0.3) is 0 Å². The zero-order valence-corrected chi connectivity index (χ0v) is 15.2. The molecule has 140 valence electrons. The molecule has 0 spiro atoms. The maximum Gasteiger partial charge on any atom is 0.255 e. The summed E-state index contributed by atoms with van der Waals surface area (Å²) in [5.74, 6) is 3.78. The second kappa shape index (κ2) is 9.60. The molecule has 1 aromatic heterocycles. The van der Waals surface area contributed by atoms with Gasteiger partial charge < -0.3 is 19.7 Å². The number of hydrogen-bond acceptors (Lipinski definition) is 5. The summed E-state index contributed by atoms with van der Waals surface area (Å²) in [7, 11) is 0. The molecule has 1 saturated heterocycles. The van der Waals surface area contributed by atoms with Gasteiger partial charge in [0.05, 0.1) is 18.8 Å². The topological polar surface area (TPSA) is 63.7 Å². The third-order valence-electron chi connectivity index (χ3n) is 4.29. The first-order chi connectivity index (χ1) is 13.3. The van der Waals surface area contributed by atoms with Crippen LogP contribution in [0.3, 0.4) is 0 Å². The van der Waals surface area contributed by atoms with Crippen LogP contribution in [0, 0.1) is 12.3 Å². The maximum absolute atomic E-state index is 12.6. The molecule has 6 nitrogen and oxygen atoms in total. The summed E-state index contributed by atoms with van der Waals surface area (Å²) in [6.45, 7) is 3.58. The average Bonchev–Trinajstić information content (AvgIpc) is 2.73.